The standard InChI is InChI=1S/C6H8O4.4C4H9.2Sn.2H/c1-3(5(7)8)4(2)6(9)10;4*1-4(2)3;;;;/h1-2H3,(H,7,8)(H,9,10);4*4H,1H2,2-3H3;;;;/q;;;;;2*+1;;/p-2/b4-3-;;;;;;;;. The molecule has 0 saturated carbocycles. The predicted octanol–water partition coefficient (Wildman–Crippen LogP) is 5.48. The van der Waals surface area contributed by atoms with E-state index in [2.05, 4.69) is 55.4 Å². The average molecular weight is 610 g/mol. The van der Waals surface area contributed by atoms with Crippen LogP contribution in [0, 0.1) is 23.7 Å². The first kappa shape index (κ1) is 28.3. The second kappa shape index (κ2) is 14.3. The van der Waals surface area contributed by atoms with Crippen LogP contribution in [0.5, 0.6) is 0 Å². The molecule has 0 spiro atoms. The van der Waals surface area contributed by atoms with Gasteiger partial charge in [-0.1, -0.05) is 0 Å². The normalized spacial score (nSPS) is 13.1. The van der Waals surface area contributed by atoms with Gasteiger partial charge in [-0.3, -0.25) is 0 Å². The Hall–Kier alpha value is 0.277. The van der Waals surface area contributed by atoms with Crippen molar-refractivity contribution in [3.63, 3.8) is 0 Å². The molecule has 6 heteroatoms. The maximum absolute atomic E-state index is 12.7. The van der Waals surface area contributed by atoms with Gasteiger partial charge in [0, 0.05) is 0 Å². The van der Waals surface area contributed by atoms with Crippen molar-refractivity contribution in [3.8, 4) is 0 Å². The Morgan fingerprint density at radius 1 is 0.571 bits per heavy atom. The van der Waals surface area contributed by atoms with E-state index in [-0.39, 0.29) is 11.9 Å². The van der Waals surface area contributed by atoms with E-state index in [0.29, 0.717) is 34.8 Å². The summed E-state index contributed by atoms with van der Waals surface area (Å²) >= 11 is -4.81. The van der Waals surface area contributed by atoms with Crippen LogP contribution in [0.25, 0.3) is 0 Å². The topological polar surface area (TPSA) is 52.6 Å². The van der Waals surface area contributed by atoms with E-state index < -0.39 is 40.3 Å². The third kappa shape index (κ3) is 12.8. The van der Waals surface area contributed by atoms with Crippen LogP contribution in [0.3, 0.4) is 0 Å². The molecule has 0 N–H and O–H groups in total. The summed E-state index contributed by atoms with van der Waals surface area (Å²) in [4.78, 5) is 25.4. The Morgan fingerprint density at radius 2 is 0.786 bits per heavy atom. The summed E-state index contributed by atoms with van der Waals surface area (Å²) in [5.41, 5.74) is 0.858. The zero-order valence-electron chi connectivity index (χ0n) is 19.9. The molecule has 0 atom stereocenters. The first-order valence-corrected chi connectivity index (χ1v) is 22.9. The van der Waals surface area contributed by atoms with Crippen molar-refractivity contribution in [2.45, 2.75) is 87.0 Å². The molecule has 28 heavy (non-hydrogen) atoms. The summed E-state index contributed by atoms with van der Waals surface area (Å²) in [7, 11) is 0. The van der Waals surface area contributed by atoms with Gasteiger partial charge >= 0.3 is 190 Å². The van der Waals surface area contributed by atoms with Crippen molar-refractivity contribution >= 4 is 52.3 Å². The summed E-state index contributed by atoms with van der Waals surface area (Å²) in [6.45, 7) is 20.9. The van der Waals surface area contributed by atoms with Crippen LogP contribution in [0.15, 0.2) is 11.1 Å². The average Bonchev–Trinajstić information content (AvgIpc) is 2.50. The zero-order valence-corrected chi connectivity index (χ0v) is 26.5. The third-order valence-corrected chi connectivity index (χ3v) is 24.6. The molecule has 0 heterocycles. The van der Waals surface area contributed by atoms with Crippen LogP contribution in [0.1, 0.15) is 69.2 Å². The minimum atomic E-state index is -2.40. The van der Waals surface area contributed by atoms with Crippen molar-refractivity contribution in [2.24, 2.45) is 23.7 Å². The van der Waals surface area contributed by atoms with E-state index in [1.165, 1.54) is 0 Å². The van der Waals surface area contributed by atoms with Gasteiger partial charge in [0.2, 0.25) is 0 Å². The van der Waals surface area contributed by atoms with Gasteiger partial charge in [-0.05, 0) is 0 Å². The Labute approximate surface area is 188 Å². The quantitative estimate of drug-likeness (QED) is 0.217. The summed E-state index contributed by atoms with van der Waals surface area (Å²) in [5, 5.41) is 0. The van der Waals surface area contributed by atoms with E-state index in [1.807, 2.05) is 0 Å². The van der Waals surface area contributed by atoms with E-state index in [1.54, 1.807) is 13.8 Å². The molecule has 4 nitrogen and oxygen atoms in total. The number of hydrogen-bond acceptors (Lipinski definition) is 4. The van der Waals surface area contributed by atoms with Crippen molar-refractivity contribution in [1.82, 2.24) is 0 Å². The molecule has 0 saturated heterocycles. The first-order valence-electron chi connectivity index (χ1n) is 10.9. The number of rotatable bonds is 12. The minimum absolute atomic E-state index is 0.295. The Morgan fingerprint density at radius 3 is 0.964 bits per heavy atom. The van der Waals surface area contributed by atoms with Gasteiger partial charge in [-0.2, -0.15) is 0 Å². The Balaban J connectivity index is 5.16. The van der Waals surface area contributed by atoms with E-state index >= 15 is 0 Å². The summed E-state index contributed by atoms with van der Waals surface area (Å²) in [5.74, 6) is 1.59. The molecule has 0 aliphatic rings. The third-order valence-electron chi connectivity index (χ3n) is 4.66. The molecule has 0 amide bonds. The molecular formula is C22H44O4Sn2. The molecule has 164 valence electrons. The summed E-state index contributed by atoms with van der Waals surface area (Å²) in [6, 6.07) is 0. The molecule has 0 unspecified atom stereocenters. The van der Waals surface area contributed by atoms with Crippen molar-refractivity contribution in [1.29, 1.82) is 0 Å². The van der Waals surface area contributed by atoms with E-state index in [4.69, 9.17) is 6.15 Å². The zero-order chi connectivity index (χ0) is 22.0. The molecule has 0 fully saturated rings. The van der Waals surface area contributed by atoms with Crippen LogP contribution < -0.4 is 0 Å². The first-order chi connectivity index (χ1) is 12.8. The second-order valence-corrected chi connectivity index (χ2v) is 23.7. The molecule has 0 aromatic heterocycles. The molecule has 0 aliphatic heterocycles. The molecule has 0 aliphatic carbocycles. The molecular weight excluding hydrogens is 566 g/mol. The Kier molecular flexibility index (Phi) is 14.5. The number of carbonyl (C=O) groups excluding carboxylic acids is 2. The van der Waals surface area contributed by atoms with Gasteiger partial charge in [0.05, 0.1) is 0 Å². The molecule has 0 aromatic carbocycles. The van der Waals surface area contributed by atoms with Gasteiger partial charge in [0.25, 0.3) is 0 Å². The molecule has 0 bridgehead atoms. The van der Waals surface area contributed by atoms with Crippen molar-refractivity contribution < 1.29 is 15.7 Å². The van der Waals surface area contributed by atoms with E-state index in [9.17, 15) is 9.59 Å². The van der Waals surface area contributed by atoms with Gasteiger partial charge in [0.15, 0.2) is 0 Å². The SMILES string of the molecule is C/C(C(=O)[O][SnH]([CH2]C(C)C)[CH2]C(C)C)=C(\C)C(=O)[O][SnH]([CH2]C(C)C)[CH2]C(C)C. The van der Waals surface area contributed by atoms with Crippen molar-refractivity contribution in [2.75, 3.05) is 0 Å². The van der Waals surface area contributed by atoms with Crippen LogP contribution in [-0.4, -0.2) is 52.3 Å². The summed E-state index contributed by atoms with van der Waals surface area (Å²) < 4.78 is 16.1. The van der Waals surface area contributed by atoms with Crippen LogP contribution in [-0.2, 0) is 15.7 Å². The second-order valence-electron chi connectivity index (χ2n) is 9.82. The predicted molar refractivity (Wildman–Crippen MR) is 123 cm³/mol. The van der Waals surface area contributed by atoms with Crippen LogP contribution in [0.2, 0.25) is 17.7 Å². The number of hydrogen-bond donors (Lipinski definition) is 0. The summed E-state index contributed by atoms with van der Waals surface area (Å²) in [6.07, 6.45) is 0. The van der Waals surface area contributed by atoms with Gasteiger partial charge in [-0.25, -0.2) is 0 Å². The fraction of sp³-hybridized carbons (Fsp3) is 0.818. The fourth-order valence-corrected chi connectivity index (χ4v) is 20.2. The van der Waals surface area contributed by atoms with Crippen molar-refractivity contribution in [3.05, 3.63) is 11.1 Å². The van der Waals surface area contributed by atoms with Gasteiger partial charge in [-0.15, -0.1) is 0 Å². The monoisotopic (exact) mass is 612 g/mol. The fourth-order valence-electron chi connectivity index (χ4n) is 3.27. The Bertz CT molecular complexity index is 459. The van der Waals surface area contributed by atoms with Crippen LogP contribution in [0.4, 0.5) is 0 Å². The number of carbonyl (C=O) groups is 2. The van der Waals surface area contributed by atoms with Gasteiger partial charge < -0.3 is 0 Å². The van der Waals surface area contributed by atoms with Crippen LogP contribution >= 0.6 is 0 Å². The molecule has 0 radical (unpaired) electrons. The molecule has 0 aromatic rings. The molecule has 0 rings (SSSR count). The van der Waals surface area contributed by atoms with Gasteiger partial charge in [0.1, 0.15) is 0 Å². The van der Waals surface area contributed by atoms with E-state index in [0.717, 1.165) is 17.7 Å². The maximum atomic E-state index is 12.7.